The molecule has 0 aromatic heterocycles. The third-order valence-corrected chi connectivity index (χ3v) is 4.93. The molecule has 0 bridgehead atoms. The highest BCUT2D eigenvalue weighted by molar-refractivity contribution is 6.31. The lowest BCUT2D eigenvalue weighted by Gasteiger charge is -2.22. The summed E-state index contributed by atoms with van der Waals surface area (Å²) in [5, 5.41) is 21.1. The molecule has 2 aromatic carbocycles. The van der Waals surface area contributed by atoms with Gasteiger partial charge in [-0.15, -0.1) is 0 Å². The lowest BCUT2D eigenvalue weighted by molar-refractivity contribution is -0.120. The summed E-state index contributed by atoms with van der Waals surface area (Å²) in [6.07, 6.45) is 0.478. The number of aryl methyl sites for hydroxylation is 1. The number of phenols is 2. The van der Waals surface area contributed by atoms with Crippen LogP contribution < -0.4 is 4.74 Å². The van der Waals surface area contributed by atoms with Crippen LogP contribution in [0.4, 0.5) is 0 Å². The van der Waals surface area contributed by atoms with Crippen molar-refractivity contribution in [2.45, 2.75) is 26.2 Å². The fourth-order valence-electron chi connectivity index (χ4n) is 3.47. The molecule has 1 aliphatic rings. The van der Waals surface area contributed by atoms with Crippen molar-refractivity contribution in [3.8, 4) is 17.2 Å². The molecule has 152 valence electrons. The van der Waals surface area contributed by atoms with Gasteiger partial charge in [0.25, 0.3) is 0 Å². The largest absolute Gasteiger partial charge is 0.507 e. The number of methoxy groups -OCH3 is 1. The van der Waals surface area contributed by atoms with E-state index in [4.69, 9.17) is 9.47 Å². The van der Waals surface area contributed by atoms with Crippen LogP contribution in [0.15, 0.2) is 24.3 Å². The number of rotatable bonds is 8. The van der Waals surface area contributed by atoms with Crippen molar-refractivity contribution >= 4 is 17.3 Å². The van der Waals surface area contributed by atoms with Gasteiger partial charge in [0.05, 0.1) is 30.4 Å². The SMILES string of the molecule is CCOCCC(=O)CCc1cc(O)c2c(c1O)C(=O)c1c(OC)cccc1C2=O. The van der Waals surface area contributed by atoms with Crippen LogP contribution in [-0.2, 0) is 16.0 Å². The minimum Gasteiger partial charge on any atom is -0.507 e. The Hall–Kier alpha value is -3.19. The van der Waals surface area contributed by atoms with Gasteiger partial charge in [-0.05, 0) is 31.0 Å². The van der Waals surface area contributed by atoms with Gasteiger partial charge in [-0.2, -0.15) is 0 Å². The molecule has 1 aliphatic carbocycles. The second-order valence-corrected chi connectivity index (χ2v) is 6.68. The van der Waals surface area contributed by atoms with E-state index in [0.717, 1.165) is 0 Å². The Kier molecular flexibility index (Phi) is 5.98. The standard InChI is InChI=1S/C22H22O7/c1-3-29-10-9-13(23)8-7-12-11-15(24)18-19(20(12)25)22(27)17-14(21(18)26)5-4-6-16(17)28-2/h4-6,11,24-25H,3,7-10H2,1-2H3. The lowest BCUT2D eigenvalue weighted by atomic mass is 9.81. The number of carbonyl (C=O) groups is 3. The Morgan fingerprint density at radius 3 is 2.48 bits per heavy atom. The number of phenolic OH excluding ortho intramolecular Hbond substituents is 2. The Morgan fingerprint density at radius 2 is 1.79 bits per heavy atom. The number of ketones is 3. The summed E-state index contributed by atoms with van der Waals surface area (Å²) in [5.41, 5.74) is -0.114. The molecular weight excluding hydrogens is 376 g/mol. The minimum absolute atomic E-state index is 0.0483. The van der Waals surface area contributed by atoms with Crippen molar-refractivity contribution in [1.82, 2.24) is 0 Å². The quantitative estimate of drug-likeness (QED) is 0.443. The monoisotopic (exact) mass is 398 g/mol. The van der Waals surface area contributed by atoms with Crippen molar-refractivity contribution in [1.29, 1.82) is 0 Å². The summed E-state index contributed by atoms with van der Waals surface area (Å²) in [5.74, 6) is -1.83. The van der Waals surface area contributed by atoms with Crippen molar-refractivity contribution in [3.05, 3.63) is 52.1 Å². The first-order valence-electron chi connectivity index (χ1n) is 9.34. The van der Waals surface area contributed by atoms with Gasteiger partial charge in [0.1, 0.15) is 23.0 Å². The number of aromatic hydroxyl groups is 2. The number of hydrogen-bond acceptors (Lipinski definition) is 7. The zero-order valence-electron chi connectivity index (χ0n) is 16.3. The normalized spacial score (nSPS) is 12.5. The summed E-state index contributed by atoms with van der Waals surface area (Å²) in [7, 11) is 1.38. The summed E-state index contributed by atoms with van der Waals surface area (Å²) in [4.78, 5) is 37.9. The highest BCUT2D eigenvalue weighted by Crippen LogP contribution is 2.42. The molecule has 0 spiro atoms. The molecule has 2 N–H and O–H groups in total. The molecule has 3 rings (SSSR count). The predicted molar refractivity (Wildman–Crippen MR) is 104 cm³/mol. The second-order valence-electron chi connectivity index (χ2n) is 6.68. The first-order chi connectivity index (χ1) is 13.9. The maximum atomic E-state index is 13.1. The fraction of sp³-hybridized carbons (Fsp3) is 0.318. The van der Waals surface area contributed by atoms with Crippen LogP contribution in [0.2, 0.25) is 0 Å². The molecule has 0 atom stereocenters. The maximum absolute atomic E-state index is 13.1. The van der Waals surface area contributed by atoms with Crippen LogP contribution in [0.5, 0.6) is 17.2 Å². The van der Waals surface area contributed by atoms with E-state index in [9.17, 15) is 24.6 Å². The molecule has 29 heavy (non-hydrogen) atoms. The van der Waals surface area contributed by atoms with E-state index in [2.05, 4.69) is 0 Å². The maximum Gasteiger partial charge on any atom is 0.202 e. The van der Waals surface area contributed by atoms with Crippen LogP contribution in [-0.4, -0.2) is 47.9 Å². The van der Waals surface area contributed by atoms with Crippen molar-refractivity contribution in [2.24, 2.45) is 0 Å². The lowest BCUT2D eigenvalue weighted by Crippen LogP contribution is -2.22. The summed E-state index contributed by atoms with van der Waals surface area (Å²) in [6, 6.07) is 5.84. The van der Waals surface area contributed by atoms with Crippen LogP contribution >= 0.6 is 0 Å². The van der Waals surface area contributed by atoms with E-state index in [1.807, 2.05) is 6.92 Å². The van der Waals surface area contributed by atoms with E-state index < -0.39 is 23.1 Å². The van der Waals surface area contributed by atoms with Gasteiger partial charge in [-0.1, -0.05) is 12.1 Å². The molecule has 0 heterocycles. The molecule has 0 radical (unpaired) electrons. The average molecular weight is 398 g/mol. The number of carbonyl (C=O) groups excluding carboxylic acids is 3. The molecule has 7 heteroatoms. The Labute approximate surface area is 167 Å². The van der Waals surface area contributed by atoms with Gasteiger partial charge in [0.15, 0.2) is 5.78 Å². The highest BCUT2D eigenvalue weighted by atomic mass is 16.5. The van der Waals surface area contributed by atoms with E-state index in [1.165, 1.54) is 19.2 Å². The Bertz CT molecular complexity index is 991. The van der Waals surface area contributed by atoms with Crippen LogP contribution in [0.3, 0.4) is 0 Å². The molecule has 0 saturated heterocycles. The molecule has 7 nitrogen and oxygen atoms in total. The molecule has 0 unspecified atom stereocenters. The van der Waals surface area contributed by atoms with Crippen molar-refractivity contribution in [2.75, 3.05) is 20.3 Å². The highest BCUT2D eigenvalue weighted by Gasteiger charge is 2.37. The number of fused-ring (bicyclic) bond motifs is 2. The molecule has 0 fully saturated rings. The minimum atomic E-state index is -0.607. The van der Waals surface area contributed by atoms with Gasteiger partial charge in [0.2, 0.25) is 5.78 Å². The molecular formula is C22H22O7. The zero-order chi connectivity index (χ0) is 21.1. The zero-order valence-corrected chi connectivity index (χ0v) is 16.3. The van der Waals surface area contributed by atoms with Gasteiger partial charge >= 0.3 is 0 Å². The third-order valence-electron chi connectivity index (χ3n) is 4.93. The predicted octanol–water partition coefficient (Wildman–Crippen LogP) is 2.81. The van der Waals surface area contributed by atoms with Crippen LogP contribution in [0, 0.1) is 0 Å². The van der Waals surface area contributed by atoms with E-state index in [1.54, 1.807) is 12.1 Å². The smallest absolute Gasteiger partial charge is 0.202 e. The number of ether oxygens (including phenoxy) is 2. The van der Waals surface area contributed by atoms with Gasteiger partial charge in [-0.3, -0.25) is 14.4 Å². The Morgan fingerprint density at radius 1 is 1.03 bits per heavy atom. The summed E-state index contributed by atoms with van der Waals surface area (Å²) >= 11 is 0. The van der Waals surface area contributed by atoms with E-state index in [0.29, 0.717) is 13.2 Å². The topological polar surface area (TPSA) is 110 Å². The van der Waals surface area contributed by atoms with Crippen LogP contribution in [0.25, 0.3) is 0 Å². The number of Topliss-reactive ketones (excluding diaryl/α,β-unsaturated/α-hetero) is 1. The molecule has 0 saturated carbocycles. The van der Waals surface area contributed by atoms with Crippen molar-refractivity contribution in [3.63, 3.8) is 0 Å². The van der Waals surface area contributed by atoms with Gasteiger partial charge in [-0.25, -0.2) is 0 Å². The van der Waals surface area contributed by atoms with Gasteiger partial charge in [0, 0.05) is 25.0 Å². The Balaban J connectivity index is 1.96. The molecule has 0 amide bonds. The van der Waals surface area contributed by atoms with E-state index in [-0.39, 0.29) is 58.6 Å². The third kappa shape index (κ3) is 3.73. The first-order valence-corrected chi connectivity index (χ1v) is 9.34. The summed E-state index contributed by atoms with van der Waals surface area (Å²) < 4.78 is 10.3. The van der Waals surface area contributed by atoms with Crippen molar-refractivity contribution < 1.29 is 34.1 Å². The van der Waals surface area contributed by atoms with Crippen LogP contribution in [0.1, 0.15) is 57.2 Å². The summed E-state index contributed by atoms with van der Waals surface area (Å²) in [6.45, 7) is 2.68. The number of benzene rings is 2. The second kappa shape index (κ2) is 8.45. The van der Waals surface area contributed by atoms with E-state index >= 15 is 0 Å². The first kappa shape index (κ1) is 20.5. The fourth-order valence-corrected chi connectivity index (χ4v) is 3.47. The molecule has 2 aromatic rings. The molecule has 0 aliphatic heterocycles. The average Bonchev–Trinajstić information content (AvgIpc) is 2.71. The number of hydrogen-bond donors (Lipinski definition) is 2. The van der Waals surface area contributed by atoms with Gasteiger partial charge < -0.3 is 19.7 Å².